The molecular formula is C16H23N5O7. The number of anilines is 1. The van der Waals surface area contributed by atoms with Gasteiger partial charge in [-0.25, -0.2) is 9.78 Å². The minimum Gasteiger partial charge on any atom is -0.394 e. The molecule has 2 aromatic heterocycles. The summed E-state index contributed by atoms with van der Waals surface area (Å²) in [4.78, 5) is 20.2. The number of nitrogens with two attached hydrogens (primary N) is 1. The number of imidazole rings is 1. The van der Waals surface area contributed by atoms with Gasteiger partial charge in [-0.2, -0.15) is 4.98 Å². The highest BCUT2D eigenvalue weighted by atomic mass is 16.6. The molecule has 12 heteroatoms. The summed E-state index contributed by atoms with van der Waals surface area (Å²) in [7, 11) is 0. The molecule has 2 aromatic rings. The Labute approximate surface area is 158 Å². The van der Waals surface area contributed by atoms with E-state index >= 15 is 0 Å². The highest BCUT2D eigenvalue weighted by molar-refractivity contribution is 5.82. The standard InChI is InChI=1S/C16H23N5O7/c1-7(4-22)2-3-20-14-9(13(17)19-16(20)27)21(6-18-14)15-12(26)11(25)10(24)8(5-23)28-15/h2,6,8,10-12,15,22-26H,3-5H2,1H3,(H2,17,19,27). The number of ether oxygens (including phenoxy) is 1. The van der Waals surface area contributed by atoms with E-state index in [1.165, 1.54) is 15.5 Å². The number of nitrogens with zero attached hydrogens (tertiary/aromatic N) is 4. The van der Waals surface area contributed by atoms with E-state index in [0.717, 1.165) is 0 Å². The largest absolute Gasteiger partial charge is 0.394 e. The Morgan fingerprint density at radius 1 is 1.29 bits per heavy atom. The van der Waals surface area contributed by atoms with Crippen LogP contribution in [0.1, 0.15) is 13.2 Å². The first-order valence-corrected chi connectivity index (χ1v) is 8.60. The molecule has 1 saturated heterocycles. The van der Waals surface area contributed by atoms with Crippen LogP contribution in [0.5, 0.6) is 0 Å². The number of allylic oxidation sites excluding steroid dienone is 1. The molecule has 5 atom stereocenters. The monoisotopic (exact) mass is 397 g/mol. The third-order valence-corrected chi connectivity index (χ3v) is 4.73. The zero-order valence-corrected chi connectivity index (χ0v) is 15.1. The van der Waals surface area contributed by atoms with E-state index in [9.17, 15) is 25.2 Å². The zero-order chi connectivity index (χ0) is 20.6. The summed E-state index contributed by atoms with van der Waals surface area (Å²) in [5.74, 6) is -0.159. The molecule has 5 unspecified atom stereocenters. The van der Waals surface area contributed by atoms with Crippen molar-refractivity contribution in [3.63, 3.8) is 0 Å². The van der Waals surface area contributed by atoms with Gasteiger partial charge in [-0.3, -0.25) is 9.13 Å². The van der Waals surface area contributed by atoms with Crippen LogP contribution in [0.25, 0.3) is 11.2 Å². The van der Waals surface area contributed by atoms with Crippen molar-refractivity contribution in [3.05, 3.63) is 28.5 Å². The molecule has 28 heavy (non-hydrogen) atoms. The lowest BCUT2D eigenvalue weighted by Gasteiger charge is -2.40. The molecular weight excluding hydrogens is 374 g/mol. The topological polar surface area (TPSA) is 189 Å². The van der Waals surface area contributed by atoms with Crippen molar-refractivity contribution in [2.75, 3.05) is 18.9 Å². The lowest BCUT2D eigenvalue weighted by Crippen LogP contribution is -2.56. The van der Waals surface area contributed by atoms with Gasteiger partial charge < -0.3 is 36.0 Å². The van der Waals surface area contributed by atoms with Crippen LogP contribution < -0.4 is 11.4 Å². The maximum Gasteiger partial charge on any atom is 0.351 e. The second-order valence-electron chi connectivity index (χ2n) is 6.64. The molecule has 1 aliphatic heterocycles. The van der Waals surface area contributed by atoms with E-state index in [0.29, 0.717) is 5.57 Å². The molecule has 1 fully saturated rings. The fourth-order valence-corrected chi connectivity index (χ4v) is 3.08. The lowest BCUT2D eigenvalue weighted by molar-refractivity contribution is -0.250. The van der Waals surface area contributed by atoms with E-state index < -0.39 is 42.9 Å². The van der Waals surface area contributed by atoms with Gasteiger partial charge >= 0.3 is 5.69 Å². The van der Waals surface area contributed by atoms with Crippen LogP contribution in [-0.2, 0) is 11.3 Å². The number of hydrogen-bond donors (Lipinski definition) is 6. The fourth-order valence-electron chi connectivity index (χ4n) is 3.08. The first-order valence-electron chi connectivity index (χ1n) is 8.60. The Balaban J connectivity index is 2.10. The number of aromatic nitrogens is 4. The predicted octanol–water partition coefficient (Wildman–Crippen LogP) is -2.91. The number of fused-ring (bicyclic) bond motifs is 1. The van der Waals surface area contributed by atoms with Crippen molar-refractivity contribution in [2.24, 2.45) is 0 Å². The Kier molecular flexibility index (Phi) is 5.79. The molecule has 0 bridgehead atoms. The van der Waals surface area contributed by atoms with Crippen molar-refractivity contribution in [3.8, 4) is 0 Å². The molecule has 0 aliphatic carbocycles. The predicted molar refractivity (Wildman–Crippen MR) is 96.1 cm³/mol. The van der Waals surface area contributed by atoms with Crippen LogP contribution in [0.15, 0.2) is 22.8 Å². The number of rotatable bonds is 5. The lowest BCUT2D eigenvalue weighted by atomic mass is 9.98. The van der Waals surface area contributed by atoms with E-state index in [1.807, 2.05) is 0 Å². The van der Waals surface area contributed by atoms with Gasteiger partial charge in [0.1, 0.15) is 29.9 Å². The summed E-state index contributed by atoms with van der Waals surface area (Å²) in [6, 6.07) is 0. The van der Waals surface area contributed by atoms with Crippen LogP contribution in [-0.4, -0.2) is 82.3 Å². The van der Waals surface area contributed by atoms with Crippen LogP contribution in [0.3, 0.4) is 0 Å². The van der Waals surface area contributed by atoms with Gasteiger partial charge in [0.2, 0.25) is 0 Å². The molecule has 0 saturated carbocycles. The van der Waals surface area contributed by atoms with Gasteiger partial charge in [0.05, 0.1) is 19.5 Å². The maximum atomic E-state index is 12.2. The van der Waals surface area contributed by atoms with Gasteiger partial charge in [-0.15, -0.1) is 0 Å². The number of nitrogen functional groups attached to an aromatic ring is 1. The van der Waals surface area contributed by atoms with Crippen LogP contribution in [0.4, 0.5) is 5.82 Å². The maximum absolute atomic E-state index is 12.2. The first-order chi connectivity index (χ1) is 13.3. The molecule has 1 aliphatic rings. The molecule has 3 rings (SSSR count). The Bertz CT molecular complexity index is 937. The van der Waals surface area contributed by atoms with Crippen LogP contribution >= 0.6 is 0 Å². The average molecular weight is 397 g/mol. The SMILES string of the molecule is CC(=CCn1c(=O)nc(N)c2c1ncn2C1OC(CO)C(O)C(O)C1O)CO. The molecule has 0 spiro atoms. The van der Waals surface area contributed by atoms with E-state index in [-0.39, 0.29) is 30.1 Å². The normalized spacial score (nSPS) is 28.8. The zero-order valence-electron chi connectivity index (χ0n) is 15.1. The Morgan fingerprint density at radius 2 is 2.00 bits per heavy atom. The van der Waals surface area contributed by atoms with E-state index in [4.69, 9.17) is 15.6 Å². The minimum absolute atomic E-state index is 0.0840. The quantitative estimate of drug-likeness (QED) is 0.285. The van der Waals surface area contributed by atoms with Crippen LogP contribution in [0, 0.1) is 0 Å². The average Bonchev–Trinajstić information content (AvgIpc) is 3.11. The first kappa shape index (κ1) is 20.4. The summed E-state index contributed by atoms with van der Waals surface area (Å²) >= 11 is 0. The Morgan fingerprint density at radius 3 is 2.64 bits per heavy atom. The third kappa shape index (κ3) is 3.41. The third-order valence-electron chi connectivity index (χ3n) is 4.73. The molecule has 3 heterocycles. The van der Waals surface area contributed by atoms with Crippen molar-refractivity contribution in [1.82, 2.24) is 19.1 Å². The second kappa shape index (κ2) is 7.95. The summed E-state index contributed by atoms with van der Waals surface area (Å²) in [5.41, 5.74) is 6.23. The molecule has 0 amide bonds. The number of aliphatic hydroxyl groups excluding tert-OH is 5. The highest BCUT2D eigenvalue weighted by Crippen LogP contribution is 2.31. The summed E-state index contributed by atoms with van der Waals surface area (Å²) in [6.45, 7) is 1.03. The minimum atomic E-state index is -1.58. The van der Waals surface area contributed by atoms with Gasteiger partial charge in [0.25, 0.3) is 0 Å². The van der Waals surface area contributed by atoms with Gasteiger partial charge in [-0.1, -0.05) is 11.6 Å². The number of aliphatic hydroxyl groups is 5. The highest BCUT2D eigenvalue weighted by Gasteiger charge is 2.44. The Hall–Kier alpha value is -2.35. The summed E-state index contributed by atoms with van der Waals surface area (Å²) in [5, 5.41) is 48.8. The van der Waals surface area contributed by atoms with Gasteiger partial charge in [0, 0.05) is 6.54 Å². The van der Waals surface area contributed by atoms with E-state index in [1.54, 1.807) is 13.0 Å². The van der Waals surface area contributed by atoms with Gasteiger partial charge in [-0.05, 0) is 6.92 Å². The fraction of sp³-hybridized carbons (Fsp3) is 0.562. The smallest absolute Gasteiger partial charge is 0.351 e. The van der Waals surface area contributed by atoms with E-state index in [2.05, 4.69) is 9.97 Å². The van der Waals surface area contributed by atoms with Gasteiger partial charge in [0.15, 0.2) is 17.7 Å². The van der Waals surface area contributed by atoms with Crippen molar-refractivity contribution in [2.45, 2.75) is 44.1 Å². The summed E-state index contributed by atoms with van der Waals surface area (Å²) in [6.07, 6.45) is -4.10. The molecule has 0 aromatic carbocycles. The second-order valence-corrected chi connectivity index (χ2v) is 6.64. The van der Waals surface area contributed by atoms with Crippen molar-refractivity contribution < 1.29 is 30.3 Å². The molecule has 7 N–H and O–H groups in total. The molecule has 12 nitrogen and oxygen atoms in total. The summed E-state index contributed by atoms with van der Waals surface area (Å²) < 4.78 is 8.04. The van der Waals surface area contributed by atoms with Crippen molar-refractivity contribution in [1.29, 1.82) is 0 Å². The van der Waals surface area contributed by atoms with Crippen molar-refractivity contribution >= 4 is 17.0 Å². The van der Waals surface area contributed by atoms with Crippen LogP contribution in [0.2, 0.25) is 0 Å². The molecule has 154 valence electrons. The molecule has 0 radical (unpaired) electrons. The number of hydrogen-bond acceptors (Lipinski definition) is 10.